The first-order valence-electron chi connectivity index (χ1n) is 8.73. The Balaban J connectivity index is 1.92. The molecule has 2 aromatic rings. The molecule has 7 heteroatoms. The van der Waals surface area contributed by atoms with Gasteiger partial charge < -0.3 is 0 Å². The van der Waals surface area contributed by atoms with Crippen molar-refractivity contribution in [2.45, 2.75) is 40.0 Å². The van der Waals surface area contributed by atoms with Gasteiger partial charge in [-0.15, -0.1) is 11.3 Å². The van der Waals surface area contributed by atoms with Crippen molar-refractivity contribution in [2.75, 3.05) is 0 Å². The molecule has 1 aromatic heterocycles. The topological polar surface area (TPSA) is 79.3 Å². The van der Waals surface area contributed by atoms with Crippen LogP contribution < -0.4 is 0 Å². The fraction of sp³-hybridized carbons (Fsp3) is 0.400. The molecule has 5 nitrogen and oxygen atoms in total. The number of halogens is 1. The van der Waals surface area contributed by atoms with Crippen LogP contribution in [0.2, 0.25) is 5.02 Å². The van der Waals surface area contributed by atoms with E-state index >= 15 is 0 Å². The Morgan fingerprint density at radius 2 is 2.19 bits per heavy atom. The molecule has 0 bridgehead atoms. The van der Waals surface area contributed by atoms with E-state index in [0.717, 1.165) is 24.8 Å². The summed E-state index contributed by atoms with van der Waals surface area (Å²) < 4.78 is 0. The summed E-state index contributed by atoms with van der Waals surface area (Å²) in [6.45, 7) is 6.77. The normalized spacial score (nSPS) is 16.9. The molecule has 1 aliphatic carbocycles. The number of nitro groups is 1. The molecule has 140 valence electrons. The van der Waals surface area contributed by atoms with Gasteiger partial charge in [0.2, 0.25) is 0 Å². The Hall–Kier alpha value is -2.23. The smallest absolute Gasteiger partial charge is 0.258 e. The third-order valence-corrected chi connectivity index (χ3v) is 6.56. The molecule has 0 N–H and O–H groups in total. The van der Waals surface area contributed by atoms with E-state index in [-0.39, 0.29) is 16.1 Å². The highest BCUT2D eigenvalue weighted by atomic mass is 35.5. The zero-order valence-corrected chi connectivity index (χ0v) is 17.0. The second-order valence-corrected chi connectivity index (χ2v) is 9.32. The molecule has 0 saturated carbocycles. The second kappa shape index (κ2) is 7.41. The number of thiophene rings is 1. The zero-order valence-electron chi connectivity index (χ0n) is 15.5. The lowest BCUT2D eigenvalue weighted by molar-refractivity contribution is -0.384. The standard InChI is InChI=1S/C20H20ClN3O2S/c1-20(2,3)13-5-6-14-15(10-22)19(27-18(14)9-13)23-11-12-4-7-16(21)17(8-12)24(25)26/h4,7-8,11,13H,5-6,9H2,1-3H3/t13-/m0/s1. The fourth-order valence-electron chi connectivity index (χ4n) is 3.40. The van der Waals surface area contributed by atoms with Gasteiger partial charge in [0.25, 0.3) is 5.69 Å². The minimum atomic E-state index is -0.517. The third-order valence-electron chi connectivity index (χ3n) is 5.08. The predicted octanol–water partition coefficient (Wildman–Crippen LogP) is 6.08. The molecule has 27 heavy (non-hydrogen) atoms. The van der Waals surface area contributed by atoms with Crippen molar-refractivity contribution in [1.29, 1.82) is 5.26 Å². The van der Waals surface area contributed by atoms with Crippen LogP contribution in [0.1, 0.15) is 48.8 Å². The van der Waals surface area contributed by atoms with Gasteiger partial charge in [-0.3, -0.25) is 10.1 Å². The van der Waals surface area contributed by atoms with Crippen molar-refractivity contribution in [1.82, 2.24) is 0 Å². The number of nitrogens with zero attached hydrogens (tertiary/aromatic N) is 3. The van der Waals surface area contributed by atoms with Crippen LogP contribution in [0, 0.1) is 32.8 Å². The Bertz CT molecular complexity index is 967. The summed E-state index contributed by atoms with van der Waals surface area (Å²) in [6.07, 6.45) is 4.51. The molecule has 0 fully saturated rings. The third kappa shape index (κ3) is 4.05. The van der Waals surface area contributed by atoms with Crippen LogP contribution in [0.4, 0.5) is 10.7 Å². The summed E-state index contributed by atoms with van der Waals surface area (Å²) in [5.74, 6) is 0.589. The largest absolute Gasteiger partial charge is 0.288 e. The Morgan fingerprint density at radius 1 is 1.44 bits per heavy atom. The number of benzene rings is 1. The van der Waals surface area contributed by atoms with E-state index in [9.17, 15) is 15.4 Å². The predicted molar refractivity (Wildman–Crippen MR) is 109 cm³/mol. The number of nitriles is 1. The lowest BCUT2D eigenvalue weighted by Crippen LogP contribution is -2.26. The van der Waals surface area contributed by atoms with Crippen LogP contribution in [-0.4, -0.2) is 11.1 Å². The number of rotatable bonds is 3. The summed E-state index contributed by atoms with van der Waals surface area (Å²) in [7, 11) is 0. The SMILES string of the molecule is CC(C)(C)[C@H]1CCc2c(sc(N=Cc3ccc(Cl)c([N+](=O)[O-])c3)c2C#N)C1. The molecular weight excluding hydrogens is 382 g/mol. The average molecular weight is 402 g/mol. The Kier molecular flexibility index (Phi) is 5.36. The van der Waals surface area contributed by atoms with E-state index in [4.69, 9.17) is 11.6 Å². The molecule has 0 saturated heterocycles. The molecule has 0 aliphatic heterocycles. The highest BCUT2D eigenvalue weighted by Gasteiger charge is 2.32. The van der Waals surface area contributed by atoms with Gasteiger partial charge in [-0.2, -0.15) is 5.26 Å². The minimum Gasteiger partial charge on any atom is -0.258 e. The minimum absolute atomic E-state index is 0.0923. The van der Waals surface area contributed by atoms with Crippen molar-refractivity contribution in [3.63, 3.8) is 0 Å². The van der Waals surface area contributed by atoms with Crippen LogP contribution in [0.5, 0.6) is 0 Å². The molecule has 0 amide bonds. The zero-order chi connectivity index (χ0) is 19.8. The first-order chi connectivity index (χ1) is 12.7. The van der Waals surface area contributed by atoms with Crippen molar-refractivity contribution in [3.05, 3.63) is 54.9 Å². The van der Waals surface area contributed by atoms with E-state index in [1.54, 1.807) is 23.6 Å². The summed E-state index contributed by atoms with van der Waals surface area (Å²) in [5, 5.41) is 21.4. The van der Waals surface area contributed by atoms with Gasteiger partial charge in [-0.1, -0.05) is 38.4 Å². The summed E-state index contributed by atoms with van der Waals surface area (Å²) >= 11 is 7.41. The van der Waals surface area contributed by atoms with Gasteiger partial charge in [0, 0.05) is 17.2 Å². The second-order valence-electron chi connectivity index (χ2n) is 7.83. The molecule has 0 spiro atoms. The molecular formula is C20H20ClN3O2S. The van der Waals surface area contributed by atoms with Crippen LogP contribution in [-0.2, 0) is 12.8 Å². The summed E-state index contributed by atoms with van der Waals surface area (Å²) in [6, 6.07) is 6.85. The van der Waals surface area contributed by atoms with Crippen LogP contribution >= 0.6 is 22.9 Å². The molecule has 1 aliphatic rings. The average Bonchev–Trinajstić information content (AvgIpc) is 2.96. The van der Waals surface area contributed by atoms with Gasteiger partial charge in [0.05, 0.1) is 10.5 Å². The Morgan fingerprint density at radius 3 is 2.81 bits per heavy atom. The van der Waals surface area contributed by atoms with E-state index in [1.165, 1.54) is 17.0 Å². The molecule has 1 heterocycles. The number of fused-ring (bicyclic) bond motifs is 1. The van der Waals surface area contributed by atoms with Crippen LogP contribution in [0.25, 0.3) is 0 Å². The Labute approximate surface area is 167 Å². The van der Waals surface area contributed by atoms with Gasteiger partial charge in [0.1, 0.15) is 16.1 Å². The number of hydrogen-bond donors (Lipinski definition) is 0. The number of aliphatic imine (C=N–C) groups is 1. The van der Waals surface area contributed by atoms with Gasteiger partial charge in [0.15, 0.2) is 0 Å². The van der Waals surface area contributed by atoms with Gasteiger partial charge in [-0.05, 0) is 47.8 Å². The van der Waals surface area contributed by atoms with Crippen molar-refractivity contribution < 1.29 is 4.92 Å². The van der Waals surface area contributed by atoms with E-state index < -0.39 is 4.92 Å². The van der Waals surface area contributed by atoms with E-state index in [1.807, 2.05) is 0 Å². The van der Waals surface area contributed by atoms with E-state index in [2.05, 4.69) is 31.8 Å². The maximum Gasteiger partial charge on any atom is 0.288 e. The van der Waals surface area contributed by atoms with Crippen molar-refractivity contribution >= 4 is 39.8 Å². The summed E-state index contributed by atoms with van der Waals surface area (Å²) in [4.78, 5) is 16.2. The molecule has 1 atom stereocenters. The van der Waals surface area contributed by atoms with Crippen molar-refractivity contribution in [2.24, 2.45) is 16.3 Å². The monoisotopic (exact) mass is 401 g/mol. The molecule has 0 radical (unpaired) electrons. The van der Waals surface area contributed by atoms with E-state index in [0.29, 0.717) is 22.0 Å². The lowest BCUT2D eigenvalue weighted by atomic mass is 9.72. The highest BCUT2D eigenvalue weighted by molar-refractivity contribution is 7.16. The number of hydrogen-bond acceptors (Lipinski definition) is 5. The first kappa shape index (κ1) is 19.5. The lowest BCUT2D eigenvalue weighted by Gasteiger charge is -2.33. The van der Waals surface area contributed by atoms with Crippen LogP contribution in [0.15, 0.2) is 23.2 Å². The van der Waals surface area contributed by atoms with Crippen LogP contribution in [0.3, 0.4) is 0 Å². The van der Waals surface area contributed by atoms with Gasteiger partial charge in [-0.25, -0.2) is 4.99 Å². The molecule has 1 aromatic carbocycles. The number of nitro benzene ring substituents is 1. The molecule has 0 unspecified atom stereocenters. The summed E-state index contributed by atoms with van der Waals surface area (Å²) in [5.41, 5.74) is 2.42. The first-order valence-corrected chi connectivity index (χ1v) is 9.92. The maximum absolute atomic E-state index is 11.0. The van der Waals surface area contributed by atoms with Gasteiger partial charge >= 0.3 is 0 Å². The highest BCUT2D eigenvalue weighted by Crippen LogP contribution is 2.44. The molecule has 3 rings (SSSR count). The fourth-order valence-corrected chi connectivity index (χ4v) is 4.81. The van der Waals surface area contributed by atoms with Crippen molar-refractivity contribution in [3.8, 4) is 6.07 Å². The quantitative estimate of drug-likeness (QED) is 0.355. The maximum atomic E-state index is 11.0.